The fourth-order valence-electron chi connectivity index (χ4n) is 1.62. The molecule has 0 N–H and O–H groups in total. The Labute approximate surface area is 226 Å². The molecule has 0 aliphatic carbocycles. The van der Waals surface area contributed by atoms with E-state index >= 15 is 0 Å². The van der Waals surface area contributed by atoms with Gasteiger partial charge in [-0.2, -0.15) is 0 Å². The van der Waals surface area contributed by atoms with Crippen LogP contribution in [0.1, 0.15) is 0 Å². The molecule has 0 bridgehead atoms. The normalized spacial score (nSPS) is 9.83. The van der Waals surface area contributed by atoms with Crippen LogP contribution < -0.4 is 15.9 Å². The molecule has 0 heterocycles. The van der Waals surface area contributed by atoms with Crippen molar-refractivity contribution in [2.24, 2.45) is 0 Å². The zero-order valence-electron chi connectivity index (χ0n) is 14.9. The zero-order valence-corrected chi connectivity index (χ0v) is 25.3. The fraction of sp³-hybridized carbons (Fsp3) is 0. The third-order valence-corrected chi connectivity index (χ3v) is 8.43. The molecular weight excluding hydrogens is 694 g/mol. The molecule has 0 aromatic heterocycles. The van der Waals surface area contributed by atoms with Crippen molar-refractivity contribution in [1.29, 1.82) is 0 Å². The van der Waals surface area contributed by atoms with Crippen molar-refractivity contribution in [3.8, 4) is 0 Å². The molecule has 0 atom stereocenters. The van der Waals surface area contributed by atoms with Crippen molar-refractivity contribution >= 4 is 123 Å². The summed E-state index contributed by atoms with van der Waals surface area (Å²) in [4.78, 5) is 0. The second-order valence-corrected chi connectivity index (χ2v) is 18.0. The van der Waals surface area contributed by atoms with Gasteiger partial charge in [-0.15, -0.1) is 0 Å². The van der Waals surface area contributed by atoms with E-state index in [-0.39, 0.29) is 15.1 Å². The number of benzene rings is 3. The Morgan fingerprint density at radius 2 is 0.567 bits per heavy atom. The number of hydrogen-bond acceptors (Lipinski definition) is 0. The fourth-order valence-corrected chi connectivity index (χ4v) is 4.84. The number of rotatable bonds is 3. The first kappa shape index (κ1) is 31.9. The van der Waals surface area contributed by atoms with Crippen molar-refractivity contribution in [3.05, 3.63) is 91.0 Å². The quantitative estimate of drug-likeness (QED) is 0.188. The van der Waals surface area contributed by atoms with Gasteiger partial charge < -0.3 is 0 Å². The first-order valence-electron chi connectivity index (χ1n) is 7.68. The molecule has 12 heteroatoms. The van der Waals surface area contributed by atoms with E-state index in [1.54, 1.807) is 0 Å². The molecule has 3 rings (SSSR count). The zero-order chi connectivity index (χ0) is 22.8. The van der Waals surface area contributed by atoms with Crippen molar-refractivity contribution in [1.82, 2.24) is 0 Å². The van der Waals surface area contributed by atoms with Gasteiger partial charge in [0.15, 0.2) is 0 Å². The summed E-state index contributed by atoms with van der Waals surface area (Å²) in [5, 5.41) is 3.03. The molecule has 0 aliphatic heterocycles. The summed E-state index contributed by atoms with van der Waals surface area (Å²) in [6, 6.07) is 28.9. The molecule has 166 valence electrons. The predicted molar refractivity (Wildman–Crippen MR) is 146 cm³/mol. The van der Waals surface area contributed by atoms with Crippen LogP contribution in [-0.4, -0.2) is 0 Å². The molecule has 0 spiro atoms. The minimum atomic E-state index is -0.951. The Balaban J connectivity index is 0.000000394. The van der Waals surface area contributed by atoms with Gasteiger partial charge in [0, 0.05) is 15.9 Å². The van der Waals surface area contributed by atoms with Gasteiger partial charge in [0.05, 0.1) is 0 Å². The first-order chi connectivity index (χ1) is 14.3. The molecule has 3 aromatic rings. The first-order valence-corrected chi connectivity index (χ1v) is 21.6. The van der Waals surface area contributed by atoms with Crippen molar-refractivity contribution in [3.63, 3.8) is 0 Å². The Bertz CT molecular complexity index is 650. The van der Waals surface area contributed by atoms with Gasteiger partial charge in [-0.1, -0.05) is 158 Å². The van der Waals surface area contributed by atoms with Crippen LogP contribution >= 0.6 is 107 Å². The average Bonchev–Trinajstić information content (AvgIpc) is 2.77. The summed E-state index contributed by atoms with van der Waals surface area (Å²) < 4.78 is 0. The summed E-state index contributed by atoms with van der Waals surface area (Å²) in [5.41, 5.74) is 0. The van der Waals surface area contributed by atoms with Crippen molar-refractivity contribution in [2.45, 2.75) is 0 Å². The van der Waals surface area contributed by atoms with Crippen LogP contribution in [0.25, 0.3) is 0 Å². The summed E-state index contributed by atoms with van der Waals surface area (Å²) in [7, 11) is 9.71. The van der Waals surface area contributed by atoms with Crippen LogP contribution in [0.15, 0.2) is 91.0 Å². The second-order valence-electron chi connectivity index (χ2n) is 4.76. The third kappa shape index (κ3) is 17.4. The van der Waals surface area contributed by atoms with Crippen LogP contribution in [0.5, 0.6) is 0 Å². The number of hydrogen-bond donors (Lipinski definition) is 0. The van der Waals surface area contributed by atoms with Crippen LogP contribution in [0.4, 0.5) is 0 Å². The van der Waals surface area contributed by atoms with Crippen LogP contribution in [0.3, 0.4) is 0 Å². The summed E-state index contributed by atoms with van der Waals surface area (Å²) in [6.45, 7) is -2.85. The van der Waals surface area contributed by atoms with Gasteiger partial charge in [-0.05, 0) is 0 Å². The summed E-state index contributed by atoms with van der Waals surface area (Å²) >= 11 is 33.5. The Morgan fingerprint density at radius 1 is 0.400 bits per heavy atom. The Morgan fingerprint density at radius 3 is 0.667 bits per heavy atom. The van der Waals surface area contributed by atoms with Gasteiger partial charge in [0.1, 0.15) is 19.9 Å². The molecule has 0 nitrogen and oxygen atoms in total. The molecule has 0 radical (unpaired) electrons. The Hall–Kier alpha value is 1.89. The van der Waals surface area contributed by atoms with E-state index in [0.717, 1.165) is 15.9 Å². The van der Waals surface area contributed by atoms with Gasteiger partial charge >= 0.3 is 34.5 Å². The predicted octanol–water partition coefficient (Wildman–Crippen LogP) is 10.7. The molecular formula is C18H15Cl8P3Ru. The van der Waals surface area contributed by atoms with E-state index in [4.69, 9.17) is 86.8 Å². The number of halogens is 8. The molecule has 0 saturated heterocycles. The van der Waals surface area contributed by atoms with E-state index in [9.17, 15) is 0 Å². The third-order valence-electron chi connectivity index (χ3n) is 2.85. The molecule has 0 unspecified atom stereocenters. The molecule has 0 fully saturated rings. The van der Waals surface area contributed by atoms with Gasteiger partial charge in [0.25, 0.3) is 0 Å². The van der Waals surface area contributed by atoms with E-state index in [1.807, 2.05) is 91.0 Å². The summed E-state index contributed by atoms with van der Waals surface area (Å²) in [6.07, 6.45) is 0. The SMILES string of the molecule is ClP(Cl)c1ccccc1.ClP(Cl)c1ccccc1.ClP(Cl)c1ccccc1.[Cl][Ru][Cl]. The monoisotopic (exact) mass is 706 g/mol. The van der Waals surface area contributed by atoms with Gasteiger partial charge in [-0.25, -0.2) is 0 Å². The van der Waals surface area contributed by atoms with Crippen molar-refractivity contribution < 1.29 is 15.1 Å². The van der Waals surface area contributed by atoms with E-state index in [2.05, 4.69) is 0 Å². The van der Waals surface area contributed by atoms with Crippen LogP contribution in [0.2, 0.25) is 0 Å². The maximum atomic E-state index is 5.63. The molecule has 3 aromatic carbocycles. The average molecular weight is 709 g/mol. The Kier molecular flexibility index (Phi) is 22.8. The van der Waals surface area contributed by atoms with Gasteiger partial charge in [0.2, 0.25) is 0 Å². The van der Waals surface area contributed by atoms with E-state index < -0.39 is 19.9 Å². The van der Waals surface area contributed by atoms with Gasteiger partial charge in [-0.3, -0.25) is 0 Å². The maximum absolute atomic E-state index is 5.63. The van der Waals surface area contributed by atoms with Crippen molar-refractivity contribution in [2.75, 3.05) is 0 Å². The van der Waals surface area contributed by atoms with Crippen LogP contribution in [-0.2, 0) is 15.1 Å². The second kappa shape index (κ2) is 21.4. The molecule has 30 heavy (non-hydrogen) atoms. The topological polar surface area (TPSA) is 0 Å². The van der Waals surface area contributed by atoms with E-state index in [1.165, 1.54) is 0 Å². The summed E-state index contributed by atoms with van der Waals surface area (Å²) in [5.74, 6) is 0. The molecule has 0 saturated carbocycles. The minimum absolute atomic E-state index is 0.346. The molecule has 0 aliphatic rings. The molecule has 0 amide bonds. The van der Waals surface area contributed by atoms with Crippen LogP contribution in [0, 0.1) is 0 Å². The standard InChI is InChI=1S/3C6H5Cl2P.2ClH.Ru/c3*7-9(8)6-4-2-1-3-5-6;;;/h3*1-5H;2*1H;/q;;;;;+2/p-2. The van der Waals surface area contributed by atoms with E-state index in [0.29, 0.717) is 0 Å².